The molecule has 0 unspecified atom stereocenters. The number of hydroxylamine groups is 2. The van der Waals surface area contributed by atoms with Gasteiger partial charge in [0.25, 0.3) is 0 Å². The van der Waals surface area contributed by atoms with E-state index in [-0.39, 0.29) is 0 Å². The van der Waals surface area contributed by atoms with Crippen molar-refractivity contribution >= 4 is 0 Å². The van der Waals surface area contributed by atoms with Crippen LogP contribution in [0.1, 0.15) is 6.92 Å². The Morgan fingerprint density at radius 3 is 2.11 bits per heavy atom. The first kappa shape index (κ1) is 8.88. The summed E-state index contributed by atoms with van der Waals surface area (Å²) in [6.45, 7) is 4.26. The van der Waals surface area contributed by atoms with Crippen molar-refractivity contribution in [1.82, 2.24) is 9.96 Å². The summed E-state index contributed by atoms with van der Waals surface area (Å²) in [6, 6.07) is 0. The van der Waals surface area contributed by atoms with Gasteiger partial charge in [-0.05, 0) is 14.1 Å². The summed E-state index contributed by atoms with van der Waals surface area (Å²) < 4.78 is 0. The summed E-state index contributed by atoms with van der Waals surface area (Å²) in [4.78, 5) is 2.04. The molecule has 0 bridgehead atoms. The highest BCUT2D eigenvalue weighted by atomic mass is 16.5. The molecule has 0 radical (unpaired) electrons. The van der Waals surface area contributed by atoms with Crippen LogP contribution in [0.2, 0.25) is 0 Å². The standard InChI is InChI=1S/C6H16N2O/c1-4-8(9)6-5-7(2)3/h9H,4-6H2,1-3H3. The molecule has 0 rings (SSSR count). The second-order valence-corrected chi connectivity index (χ2v) is 2.35. The van der Waals surface area contributed by atoms with Gasteiger partial charge in [-0.15, -0.1) is 0 Å². The van der Waals surface area contributed by atoms with Gasteiger partial charge in [0, 0.05) is 19.6 Å². The molecule has 1 N–H and O–H groups in total. The Bertz CT molecular complexity index is 66.1. The van der Waals surface area contributed by atoms with Crippen molar-refractivity contribution in [1.29, 1.82) is 0 Å². The molecule has 0 fully saturated rings. The van der Waals surface area contributed by atoms with E-state index >= 15 is 0 Å². The maximum atomic E-state index is 8.91. The van der Waals surface area contributed by atoms with Crippen LogP contribution in [0.4, 0.5) is 0 Å². The average Bonchev–Trinajstić information content (AvgIpc) is 1.83. The first-order valence-corrected chi connectivity index (χ1v) is 3.25. The molecule has 0 heterocycles. The fourth-order valence-electron chi connectivity index (χ4n) is 0.474. The lowest BCUT2D eigenvalue weighted by molar-refractivity contribution is -0.0884. The third-order valence-corrected chi connectivity index (χ3v) is 1.17. The van der Waals surface area contributed by atoms with Crippen LogP contribution in [0.25, 0.3) is 0 Å². The molecular formula is C6H16N2O. The van der Waals surface area contributed by atoms with E-state index in [0.29, 0.717) is 6.54 Å². The van der Waals surface area contributed by atoms with Gasteiger partial charge in [0.15, 0.2) is 0 Å². The number of rotatable bonds is 4. The molecule has 0 atom stereocenters. The second kappa shape index (κ2) is 4.73. The molecule has 0 saturated heterocycles. The molecule has 0 spiro atoms. The zero-order valence-electron chi connectivity index (χ0n) is 6.46. The first-order valence-electron chi connectivity index (χ1n) is 3.25. The van der Waals surface area contributed by atoms with E-state index in [1.807, 2.05) is 25.9 Å². The summed E-state index contributed by atoms with van der Waals surface area (Å²) in [6.07, 6.45) is 0. The largest absolute Gasteiger partial charge is 0.314 e. The Labute approximate surface area is 56.8 Å². The summed E-state index contributed by atoms with van der Waals surface area (Å²) in [5.74, 6) is 0. The molecule has 9 heavy (non-hydrogen) atoms. The van der Waals surface area contributed by atoms with Gasteiger partial charge in [-0.3, -0.25) is 0 Å². The zero-order valence-corrected chi connectivity index (χ0v) is 6.46. The second-order valence-electron chi connectivity index (χ2n) is 2.35. The molecule has 0 aromatic heterocycles. The summed E-state index contributed by atoms with van der Waals surface area (Å²) in [5, 5.41) is 10.2. The first-order chi connectivity index (χ1) is 4.16. The lowest BCUT2D eigenvalue weighted by Gasteiger charge is -2.14. The highest BCUT2D eigenvalue weighted by Crippen LogP contribution is 1.80. The van der Waals surface area contributed by atoms with Gasteiger partial charge in [-0.1, -0.05) is 6.92 Å². The fourth-order valence-corrected chi connectivity index (χ4v) is 0.474. The van der Waals surface area contributed by atoms with Gasteiger partial charge in [-0.25, -0.2) is 0 Å². The minimum atomic E-state index is 0.702. The summed E-state index contributed by atoms with van der Waals surface area (Å²) in [7, 11) is 3.98. The van der Waals surface area contributed by atoms with E-state index in [1.165, 1.54) is 5.06 Å². The van der Waals surface area contributed by atoms with Crippen molar-refractivity contribution in [2.45, 2.75) is 6.92 Å². The van der Waals surface area contributed by atoms with Crippen molar-refractivity contribution < 1.29 is 5.21 Å². The maximum Gasteiger partial charge on any atom is 0.0365 e. The van der Waals surface area contributed by atoms with Gasteiger partial charge in [-0.2, -0.15) is 5.06 Å². The number of hydrogen-bond donors (Lipinski definition) is 1. The number of hydrogen-bond acceptors (Lipinski definition) is 3. The lowest BCUT2D eigenvalue weighted by Crippen LogP contribution is -2.28. The third kappa shape index (κ3) is 5.76. The molecule has 3 nitrogen and oxygen atoms in total. The number of likely N-dealkylation sites (N-methyl/N-ethyl adjacent to an activating group) is 2. The van der Waals surface area contributed by atoms with Gasteiger partial charge in [0.2, 0.25) is 0 Å². The van der Waals surface area contributed by atoms with Crippen molar-refractivity contribution in [3.05, 3.63) is 0 Å². The molecule has 56 valence electrons. The number of nitrogens with zero attached hydrogens (tertiary/aromatic N) is 2. The van der Waals surface area contributed by atoms with E-state index in [9.17, 15) is 0 Å². The minimum absolute atomic E-state index is 0.702. The maximum absolute atomic E-state index is 8.91. The average molecular weight is 132 g/mol. The summed E-state index contributed by atoms with van der Waals surface area (Å²) >= 11 is 0. The molecule has 0 saturated carbocycles. The molecular weight excluding hydrogens is 116 g/mol. The highest BCUT2D eigenvalue weighted by molar-refractivity contribution is 4.45. The van der Waals surface area contributed by atoms with E-state index < -0.39 is 0 Å². The van der Waals surface area contributed by atoms with Crippen LogP contribution in [-0.2, 0) is 0 Å². The van der Waals surface area contributed by atoms with Crippen LogP contribution in [0.15, 0.2) is 0 Å². The molecule has 0 aliphatic rings. The topological polar surface area (TPSA) is 26.7 Å². The Balaban J connectivity index is 3.06. The van der Waals surface area contributed by atoms with E-state index in [0.717, 1.165) is 13.1 Å². The SMILES string of the molecule is CCN(O)CCN(C)C. The molecule has 3 heteroatoms. The minimum Gasteiger partial charge on any atom is -0.314 e. The molecule has 0 amide bonds. The van der Waals surface area contributed by atoms with Crippen molar-refractivity contribution in [2.75, 3.05) is 33.7 Å². The van der Waals surface area contributed by atoms with Crippen LogP contribution in [0.3, 0.4) is 0 Å². The van der Waals surface area contributed by atoms with E-state index in [4.69, 9.17) is 5.21 Å². The van der Waals surface area contributed by atoms with Crippen LogP contribution < -0.4 is 0 Å². The van der Waals surface area contributed by atoms with Gasteiger partial charge in [0.1, 0.15) is 0 Å². The van der Waals surface area contributed by atoms with E-state index in [2.05, 4.69) is 0 Å². The van der Waals surface area contributed by atoms with Crippen molar-refractivity contribution in [2.24, 2.45) is 0 Å². The van der Waals surface area contributed by atoms with Gasteiger partial charge in [0.05, 0.1) is 0 Å². The monoisotopic (exact) mass is 132 g/mol. The smallest absolute Gasteiger partial charge is 0.0365 e. The Morgan fingerprint density at radius 2 is 1.78 bits per heavy atom. The quantitative estimate of drug-likeness (QED) is 0.556. The third-order valence-electron chi connectivity index (χ3n) is 1.17. The molecule has 0 aromatic rings. The van der Waals surface area contributed by atoms with Crippen LogP contribution >= 0.6 is 0 Å². The van der Waals surface area contributed by atoms with Gasteiger partial charge >= 0.3 is 0 Å². The van der Waals surface area contributed by atoms with Crippen LogP contribution in [0, 0.1) is 0 Å². The molecule has 0 aliphatic heterocycles. The molecule has 0 aliphatic carbocycles. The normalized spacial score (nSPS) is 11.3. The molecule has 0 aromatic carbocycles. The predicted molar refractivity (Wildman–Crippen MR) is 37.6 cm³/mol. The predicted octanol–water partition coefficient (Wildman–Crippen LogP) is 0.259. The highest BCUT2D eigenvalue weighted by Gasteiger charge is 1.95. The van der Waals surface area contributed by atoms with Gasteiger partial charge < -0.3 is 10.1 Å². The Morgan fingerprint density at radius 1 is 1.22 bits per heavy atom. The van der Waals surface area contributed by atoms with E-state index in [1.54, 1.807) is 0 Å². The summed E-state index contributed by atoms with van der Waals surface area (Å²) in [5.41, 5.74) is 0. The van der Waals surface area contributed by atoms with Crippen molar-refractivity contribution in [3.63, 3.8) is 0 Å². The Hall–Kier alpha value is -0.120. The zero-order chi connectivity index (χ0) is 7.28. The Kier molecular flexibility index (Phi) is 4.67. The van der Waals surface area contributed by atoms with Crippen LogP contribution in [0.5, 0.6) is 0 Å². The fraction of sp³-hybridized carbons (Fsp3) is 1.00. The van der Waals surface area contributed by atoms with Crippen molar-refractivity contribution in [3.8, 4) is 0 Å². The van der Waals surface area contributed by atoms with Crippen LogP contribution in [-0.4, -0.2) is 48.9 Å². The lowest BCUT2D eigenvalue weighted by atomic mass is 10.5.